The number of hydrogen-bond acceptors (Lipinski definition) is 3. The van der Waals surface area contributed by atoms with Crippen molar-refractivity contribution in [1.82, 2.24) is 19.4 Å². The molecule has 5 rings (SSSR count). The van der Waals surface area contributed by atoms with Gasteiger partial charge in [0.25, 0.3) is 0 Å². The zero-order valence-corrected chi connectivity index (χ0v) is 17.9. The first kappa shape index (κ1) is 21.2. The number of carbonyl (C=O) groups excluding carboxylic acids is 1. The fourth-order valence-corrected chi connectivity index (χ4v) is 4.64. The van der Waals surface area contributed by atoms with E-state index in [0.717, 1.165) is 40.3 Å². The molecule has 2 aromatic carbocycles. The number of piperidine rings is 1. The maximum Gasteiger partial charge on any atom is 0.326 e. The molecule has 3 heterocycles. The van der Waals surface area contributed by atoms with Gasteiger partial charge in [0.1, 0.15) is 0 Å². The molecule has 162 valence electrons. The lowest BCUT2D eigenvalue weighted by Gasteiger charge is -2.34. The molecule has 0 spiro atoms. The van der Waals surface area contributed by atoms with Gasteiger partial charge in [0.2, 0.25) is 5.91 Å². The number of nitrogens with zero attached hydrogens (tertiary/aromatic N) is 2. The van der Waals surface area contributed by atoms with Crippen LogP contribution in [-0.2, 0) is 11.2 Å². The molecule has 31 heavy (non-hydrogen) atoms. The van der Waals surface area contributed by atoms with Crippen LogP contribution in [0.15, 0.2) is 59.5 Å². The van der Waals surface area contributed by atoms with Gasteiger partial charge in [0.15, 0.2) is 0 Å². The summed E-state index contributed by atoms with van der Waals surface area (Å²) < 4.78 is 1.84. The number of likely N-dealkylation sites (tertiary alicyclic amines) is 1. The van der Waals surface area contributed by atoms with Crippen LogP contribution in [0.1, 0.15) is 24.4 Å². The van der Waals surface area contributed by atoms with Gasteiger partial charge >= 0.3 is 5.69 Å². The van der Waals surface area contributed by atoms with Crippen molar-refractivity contribution < 1.29 is 4.79 Å². The fraction of sp³-hybridized carbons (Fsp3) is 0.304. The Morgan fingerprint density at radius 3 is 2.52 bits per heavy atom. The Hall–Kier alpha value is -3.03. The van der Waals surface area contributed by atoms with Crippen LogP contribution in [-0.4, -0.2) is 44.5 Å². The van der Waals surface area contributed by atoms with Gasteiger partial charge in [-0.15, -0.1) is 12.4 Å². The van der Waals surface area contributed by atoms with Crippen molar-refractivity contribution >= 4 is 40.3 Å². The number of nitrogens with one attached hydrogen (secondary N) is 2. The van der Waals surface area contributed by atoms with Crippen LogP contribution in [0.5, 0.6) is 0 Å². The van der Waals surface area contributed by atoms with E-state index in [1.54, 1.807) is 0 Å². The lowest BCUT2D eigenvalue weighted by atomic mass is 10.0. The molecule has 1 amide bonds. The molecular weight excluding hydrogens is 414 g/mol. The predicted octanol–water partition coefficient (Wildman–Crippen LogP) is 2.97. The molecule has 1 aliphatic rings. The Morgan fingerprint density at radius 1 is 1.06 bits per heavy atom. The summed E-state index contributed by atoms with van der Waals surface area (Å²) in [4.78, 5) is 33.4. The minimum absolute atomic E-state index is 0. The Balaban J connectivity index is 0.00000231. The number of carbonyl (C=O) groups is 1. The zero-order chi connectivity index (χ0) is 20.7. The number of amides is 1. The Labute approximate surface area is 185 Å². The number of rotatable bonds is 4. The van der Waals surface area contributed by atoms with Crippen LogP contribution >= 0.6 is 12.4 Å². The third-order valence-electron chi connectivity index (χ3n) is 6.20. The highest BCUT2D eigenvalue weighted by atomic mass is 35.5. The summed E-state index contributed by atoms with van der Waals surface area (Å²) in [5.74, 6) is -0.0231. The SMILES string of the molecule is Cl.NC(Cc1c[nH]c2ccccc12)C(=O)N1CCC(n2c(=O)[nH]c3ccccc32)CC1. The third kappa shape index (κ3) is 3.86. The molecule has 0 radical (unpaired) electrons. The number of aromatic amines is 2. The normalized spacial score (nSPS) is 15.8. The largest absolute Gasteiger partial charge is 0.361 e. The van der Waals surface area contributed by atoms with E-state index >= 15 is 0 Å². The van der Waals surface area contributed by atoms with E-state index in [4.69, 9.17) is 5.73 Å². The Kier molecular flexibility index (Phi) is 5.89. The van der Waals surface area contributed by atoms with Gasteiger partial charge in [-0.2, -0.15) is 0 Å². The first-order valence-electron chi connectivity index (χ1n) is 10.4. The monoisotopic (exact) mass is 439 g/mol. The second-order valence-electron chi connectivity index (χ2n) is 8.04. The lowest BCUT2D eigenvalue weighted by molar-refractivity contribution is -0.133. The van der Waals surface area contributed by atoms with E-state index in [-0.39, 0.29) is 30.0 Å². The van der Waals surface area contributed by atoms with Crippen molar-refractivity contribution in [3.8, 4) is 0 Å². The highest BCUT2D eigenvalue weighted by Crippen LogP contribution is 2.25. The Bertz CT molecular complexity index is 1270. The minimum Gasteiger partial charge on any atom is -0.361 e. The van der Waals surface area contributed by atoms with Crippen molar-refractivity contribution in [3.63, 3.8) is 0 Å². The van der Waals surface area contributed by atoms with Crippen molar-refractivity contribution in [2.45, 2.75) is 31.3 Å². The van der Waals surface area contributed by atoms with E-state index in [1.807, 2.05) is 64.2 Å². The fourth-order valence-electron chi connectivity index (χ4n) is 4.64. The highest BCUT2D eigenvalue weighted by molar-refractivity contribution is 5.86. The number of aromatic nitrogens is 3. The first-order chi connectivity index (χ1) is 14.6. The van der Waals surface area contributed by atoms with E-state index in [0.29, 0.717) is 19.5 Å². The quantitative estimate of drug-likeness (QED) is 0.455. The van der Waals surface area contributed by atoms with E-state index in [2.05, 4.69) is 9.97 Å². The molecule has 4 N–H and O–H groups in total. The van der Waals surface area contributed by atoms with Gasteiger partial charge in [-0.3, -0.25) is 9.36 Å². The molecule has 1 aliphatic heterocycles. The topological polar surface area (TPSA) is 99.9 Å². The second kappa shape index (κ2) is 8.61. The van der Waals surface area contributed by atoms with Crippen molar-refractivity contribution in [1.29, 1.82) is 0 Å². The van der Waals surface area contributed by atoms with Crippen LogP contribution in [0, 0.1) is 0 Å². The third-order valence-corrected chi connectivity index (χ3v) is 6.20. The maximum absolute atomic E-state index is 12.9. The summed E-state index contributed by atoms with van der Waals surface area (Å²) in [6, 6.07) is 15.3. The van der Waals surface area contributed by atoms with Crippen molar-refractivity contribution in [2.24, 2.45) is 5.73 Å². The molecule has 0 saturated carbocycles. The molecule has 1 fully saturated rings. The molecule has 0 bridgehead atoms. The average molecular weight is 440 g/mol. The van der Waals surface area contributed by atoms with Crippen LogP contribution in [0.3, 0.4) is 0 Å². The number of imidazole rings is 1. The number of nitrogens with two attached hydrogens (primary N) is 1. The number of benzene rings is 2. The Morgan fingerprint density at radius 2 is 1.74 bits per heavy atom. The van der Waals surface area contributed by atoms with Crippen molar-refractivity contribution in [3.05, 3.63) is 70.8 Å². The standard InChI is InChI=1S/C23H25N5O2.ClH/c24-18(13-15-14-25-19-6-2-1-5-17(15)19)22(29)27-11-9-16(10-12-27)28-21-8-4-3-7-20(21)26-23(28)30;/h1-8,14,16,18,25H,9-13,24H2,(H,26,30);1H. The number of para-hydroxylation sites is 3. The van der Waals surface area contributed by atoms with Gasteiger partial charge in [-0.05, 0) is 43.0 Å². The van der Waals surface area contributed by atoms with Crippen LogP contribution in [0.25, 0.3) is 21.9 Å². The van der Waals surface area contributed by atoms with Gasteiger partial charge in [0, 0.05) is 36.2 Å². The summed E-state index contributed by atoms with van der Waals surface area (Å²) in [5.41, 5.74) is 10.1. The maximum atomic E-state index is 12.9. The highest BCUT2D eigenvalue weighted by Gasteiger charge is 2.29. The van der Waals surface area contributed by atoms with E-state index in [1.165, 1.54) is 0 Å². The molecular formula is C23H26ClN5O2. The van der Waals surface area contributed by atoms with Crippen LogP contribution in [0.2, 0.25) is 0 Å². The number of hydrogen-bond donors (Lipinski definition) is 3. The molecule has 8 heteroatoms. The van der Waals surface area contributed by atoms with E-state index < -0.39 is 6.04 Å². The van der Waals surface area contributed by atoms with Crippen LogP contribution < -0.4 is 11.4 Å². The van der Waals surface area contributed by atoms with Gasteiger partial charge < -0.3 is 20.6 Å². The van der Waals surface area contributed by atoms with Crippen molar-refractivity contribution in [2.75, 3.05) is 13.1 Å². The molecule has 1 saturated heterocycles. The minimum atomic E-state index is -0.573. The zero-order valence-electron chi connectivity index (χ0n) is 17.1. The summed E-state index contributed by atoms with van der Waals surface area (Å²) in [6.45, 7) is 1.22. The van der Waals surface area contributed by atoms with Crippen LogP contribution in [0.4, 0.5) is 0 Å². The summed E-state index contributed by atoms with van der Waals surface area (Å²) in [7, 11) is 0. The smallest absolute Gasteiger partial charge is 0.326 e. The number of halogens is 1. The van der Waals surface area contributed by atoms with E-state index in [9.17, 15) is 9.59 Å². The average Bonchev–Trinajstić information content (AvgIpc) is 3.33. The van der Waals surface area contributed by atoms with Gasteiger partial charge in [-0.1, -0.05) is 30.3 Å². The molecule has 0 aliphatic carbocycles. The predicted molar refractivity (Wildman–Crippen MR) is 125 cm³/mol. The summed E-state index contributed by atoms with van der Waals surface area (Å²) in [5, 5.41) is 1.11. The molecule has 2 aromatic heterocycles. The lowest BCUT2D eigenvalue weighted by Crippen LogP contribution is -2.48. The summed E-state index contributed by atoms with van der Waals surface area (Å²) >= 11 is 0. The summed E-state index contributed by atoms with van der Waals surface area (Å²) in [6.07, 6.45) is 3.93. The second-order valence-corrected chi connectivity index (χ2v) is 8.04. The number of H-pyrrole nitrogens is 2. The molecule has 1 atom stereocenters. The molecule has 4 aromatic rings. The molecule has 7 nitrogen and oxygen atoms in total. The first-order valence-corrected chi connectivity index (χ1v) is 10.4. The number of fused-ring (bicyclic) bond motifs is 2. The van der Waals surface area contributed by atoms with Gasteiger partial charge in [-0.25, -0.2) is 4.79 Å². The van der Waals surface area contributed by atoms with Gasteiger partial charge in [0.05, 0.1) is 17.1 Å². The molecule has 1 unspecified atom stereocenters.